The van der Waals surface area contributed by atoms with Crippen molar-refractivity contribution in [2.75, 3.05) is 16.6 Å². The predicted octanol–water partition coefficient (Wildman–Crippen LogP) is 0.851. The van der Waals surface area contributed by atoms with Crippen LogP contribution in [0.15, 0.2) is 59.7 Å². The first-order chi connectivity index (χ1) is 15.8. The number of ketones is 1. The molecular formula is C21H17N7O5. The van der Waals surface area contributed by atoms with Crippen LogP contribution in [0.1, 0.15) is 38.0 Å². The normalized spacial score (nSPS) is 10.7. The van der Waals surface area contributed by atoms with Gasteiger partial charge in [0.15, 0.2) is 16.9 Å². The van der Waals surface area contributed by atoms with E-state index in [1.807, 2.05) is 0 Å². The zero-order chi connectivity index (χ0) is 23.7. The molecule has 0 radical (unpaired) electrons. The number of nitrogens with two attached hydrogens (primary N) is 1. The highest BCUT2D eigenvalue weighted by Crippen LogP contribution is 2.22. The van der Waals surface area contributed by atoms with Gasteiger partial charge in [-0.05, 0) is 25.1 Å². The number of anilines is 1. The number of Topliss-reactive ketones (excluding diaryl/α,β-unsaturated/α-hetero) is 1. The van der Waals surface area contributed by atoms with Crippen LogP contribution in [0.25, 0.3) is 11.2 Å². The Morgan fingerprint density at radius 1 is 1.00 bits per heavy atom. The zero-order valence-corrected chi connectivity index (χ0v) is 17.1. The molecule has 166 valence electrons. The number of hydrogen-bond donors (Lipinski definition) is 4. The van der Waals surface area contributed by atoms with Gasteiger partial charge in [0.2, 0.25) is 5.95 Å². The third-order valence-corrected chi connectivity index (χ3v) is 4.73. The second-order valence-electron chi connectivity index (χ2n) is 6.90. The van der Waals surface area contributed by atoms with E-state index in [1.165, 1.54) is 25.1 Å². The number of carbonyl (C=O) groups excluding carboxylic acids is 3. The summed E-state index contributed by atoms with van der Waals surface area (Å²) in [6.45, 7) is 1.25. The van der Waals surface area contributed by atoms with E-state index < -0.39 is 34.9 Å². The Morgan fingerprint density at radius 2 is 1.73 bits per heavy atom. The maximum Gasteiger partial charge on any atom is 0.302 e. The van der Waals surface area contributed by atoms with E-state index in [0.717, 1.165) is 15.7 Å². The molecule has 4 rings (SSSR count). The van der Waals surface area contributed by atoms with Crippen LogP contribution in [-0.4, -0.2) is 42.0 Å². The van der Waals surface area contributed by atoms with E-state index in [9.17, 15) is 24.3 Å². The summed E-state index contributed by atoms with van der Waals surface area (Å²) < 4.78 is 1.98. The molecule has 33 heavy (non-hydrogen) atoms. The van der Waals surface area contributed by atoms with Crippen molar-refractivity contribution in [2.24, 2.45) is 0 Å². The maximum atomic E-state index is 12.9. The fraction of sp³-hybridized carbons (Fsp3) is 0.0476. The second-order valence-corrected chi connectivity index (χ2v) is 6.90. The fourth-order valence-corrected chi connectivity index (χ4v) is 3.20. The van der Waals surface area contributed by atoms with Gasteiger partial charge in [-0.2, -0.15) is 9.66 Å². The van der Waals surface area contributed by atoms with Gasteiger partial charge in [-0.15, -0.1) is 0 Å². The summed E-state index contributed by atoms with van der Waals surface area (Å²) in [5.41, 5.74) is 9.67. The highest BCUT2D eigenvalue weighted by Gasteiger charge is 2.22. The monoisotopic (exact) mass is 447 g/mol. The first-order valence-electron chi connectivity index (χ1n) is 9.54. The molecule has 0 saturated heterocycles. The van der Waals surface area contributed by atoms with Crippen molar-refractivity contribution >= 4 is 34.7 Å². The number of aromatic nitrogens is 4. The van der Waals surface area contributed by atoms with E-state index in [4.69, 9.17) is 5.73 Å². The Labute approximate surface area is 185 Å². The second kappa shape index (κ2) is 8.26. The number of nitrogens with one attached hydrogen (secondary N) is 2. The number of nitrogens with zero attached hydrogens (tertiary/aromatic N) is 4. The molecule has 2 heterocycles. The molecule has 0 bridgehead atoms. The number of nitrogen functional groups attached to an aromatic ring is 1. The first kappa shape index (κ1) is 21.2. The van der Waals surface area contributed by atoms with Gasteiger partial charge in [-0.1, -0.05) is 30.3 Å². The molecule has 4 aromatic rings. The Hall–Kier alpha value is -5.00. The average Bonchev–Trinajstić information content (AvgIpc) is 3.20. The molecule has 0 fully saturated rings. The van der Waals surface area contributed by atoms with Gasteiger partial charge >= 0.3 is 5.56 Å². The molecule has 12 nitrogen and oxygen atoms in total. The van der Waals surface area contributed by atoms with Crippen molar-refractivity contribution in [1.29, 1.82) is 0 Å². The number of aromatic hydroxyl groups is 1. The highest BCUT2D eigenvalue weighted by molar-refractivity contribution is 6.12. The SMILES string of the molecule is CC(=O)c1cccc(O)c1C(=O)Nn1c(N)nc(=O)c2c1ncn2NC(=O)c1ccccc1. The number of benzene rings is 2. The van der Waals surface area contributed by atoms with Gasteiger partial charge < -0.3 is 10.8 Å². The van der Waals surface area contributed by atoms with Crippen LogP contribution >= 0.6 is 0 Å². The number of imidazole rings is 1. The van der Waals surface area contributed by atoms with E-state index >= 15 is 0 Å². The van der Waals surface area contributed by atoms with Crippen LogP contribution in [0.4, 0.5) is 5.95 Å². The van der Waals surface area contributed by atoms with Crippen LogP contribution in [0.2, 0.25) is 0 Å². The Bertz CT molecular complexity index is 1470. The van der Waals surface area contributed by atoms with E-state index in [2.05, 4.69) is 20.8 Å². The minimum Gasteiger partial charge on any atom is -0.507 e. The van der Waals surface area contributed by atoms with Gasteiger partial charge in [-0.25, -0.2) is 9.66 Å². The molecule has 0 aliphatic heterocycles. The van der Waals surface area contributed by atoms with Crippen molar-refractivity contribution in [1.82, 2.24) is 19.3 Å². The van der Waals surface area contributed by atoms with Crippen molar-refractivity contribution in [3.63, 3.8) is 0 Å². The molecule has 0 saturated carbocycles. The lowest BCUT2D eigenvalue weighted by Crippen LogP contribution is -2.31. The number of rotatable bonds is 5. The summed E-state index contributed by atoms with van der Waals surface area (Å²) in [5, 5.41) is 10.1. The van der Waals surface area contributed by atoms with Gasteiger partial charge in [-0.3, -0.25) is 30.0 Å². The van der Waals surface area contributed by atoms with Crippen LogP contribution in [-0.2, 0) is 0 Å². The smallest absolute Gasteiger partial charge is 0.302 e. The van der Waals surface area contributed by atoms with Gasteiger partial charge in [0, 0.05) is 11.1 Å². The van der Waals surface area contributed by atoms with Crippen LogP contribution < -0.4 is 22.1 Å². The van der Waals surface area contributed by atoms with Crippen molar-refractivity contribution in [3.05, 3.63) is 81.9 Å². The van der Waals surface area contributed by atoms with E-state index in [0.29, 0.717) is 5.56 Å². The summed E-state index contributed by atoms with van der Waals surface area (Å²) >= 11 is 0. The zero-order valence-electron chi connectivity index (χ0n) is 17.1. The lowest BCUT2D eigenvalue weighted by atomic mass is 10.0. The van der Waals surface area contributed by atoms with Gasteiger partial charge in [0.25, 0.3) is 11.8 Å². The quantitative estimate of drug-likeness (QED) is 0.326. The van der Waals surface area contributed by atoms with Gasteiger partial charge in [0.1, 0.15) is 12.1 Å². The number of phenolic OH excluding ortho intramolecular Hbond substituents is 1. The lowest BCUT2D eigenvalue weighted by Gasteiger charge is -2.14. The molecule has 12 heteroatoms. The fourth-order valence-electron chi connectivity index (χ4n) is 3.20. The number of carbonyl (C=O) groups is 3. The van der Waals surface area contributed by atoms with Crippen LogP contribution in [0, 0.1) is 0 Å². The van der Waals surface area contributed by atoms with Crippen LogP contribution in [0.3, 0.4) is 0 Å². The van der Waals surface area contributed by atoms with Crippen molar-refractivity contribution in [3.8, 4) is 5.75 Å². The third kappa shape index (κ3) is 3.87. The van der Waals surface area contributed by atoms with E-state index in [-0.39, 0.29) is 22.3 Å². The first-order valence-corrected chi connectivity index (χ1v) is 9.54. The largest absolute Gasteiger partial charge is 0.507 e. The minimum atomic E-state index is -0.889. The Balaban J connectivity index is 1.75. The maximum absolute atomic E-state index is 12.9. The summed E-state index contributed by atoms with van der Waals surface area (Å²) in [6, 6.07) is 12.3. The third-order valence-electron chi connectivity index (χ3n) is 4.73. The van der Waals surface area contributed by atoms with Crippen molar-refractivity contribution in [2.45, 2.75) is 6.92 Å². The lowest BCUT2D eigenvalue weighted by molar-refractivity contribution is 0.0976. The number of phenols is 1. The van der Waals surface area contributed by atoms with Gasteiger partial charge in [0.05, 0.1) is 5.56 Å². The number of hydrogen-bond acceptors (Lipinski definition) is 8. The van der Waals surface area contributed by atoms with Crippen molar-refractivity contribution < 1.29 is 19.5 Å². The topological polar surface area (TPSA) is 174 Å². The summed E-state index contributed by atoms with van der Waals surface area (Å²) in [7, 11) is 0. The summed E-state index contributed by atoms with van der Waals surface area (Å²) in [5.74, 6) is -2.67. The Morgan fingerprint density at radius 3 is 2.42 bits per heavy atom. The molecule has 2 aromatic heterocycles. The molecule has 5 N–H and O–H groups in total. The molecule has 0 aliphatic carbocycles. The number of fused-ring (bicyclic) bond motifs is 1. The molecule has 0 atom stereocenters. The summed E-state index contributed by atoms with van der Waals surface area (Å²) in [6.07, 6.45) is 1.15. The average molecular weight is 447 g/mol. The van der Waals surface area contributed by atoms with E-state index in [1.54, 1.807) is 30.3 Å². The molecular weight excluding hydrogens is 430 g/mol. The molecule has 2 aromatic carbocycles. The molecule has 2 amide bonds. The highest BCUT2D eigenvalue weighted by atomic mass is 16.3. The molecule has 0 aliphatic rings. The Kier molecular flexibility index (Phi) is 5.32. The van der Waals surface area contributed by atoms with Crippen LogP contribution in [0.5, 0.6) is 5.75 Å². The number of amides is 2. The molecule has 0 spiro atoms. The minimum absolute atomic E-state index is 0.0167. The predicted molar refractivity (Wildman–Crippen MR) is 118 cm³/mol. The summed E-state index contributed by atoms with van der Waals surface area (Å²) in [4.78, 5) is 57.5. The molecule has 0 unspecified atom stereocenters. The standard InChI is InChI=1S/C21H17N7O5/c1-11(29)13-8-5-9-14(30)15(13)19(32)26-28-17-16(20(33)24-21(28)22)27(10-23-17)25-18(31)12-6-3-2-4-7-12/h2-10,30H,1H3,(H,25,31)(H,26,32)(H2,22,24,33).